The lowest BCUT2D eigenvalue weighted by atomic mass is 10.1. The predicted molar refractivity (Wildman–Crippen MR) is 63.3 cm³/mol. The lowest BCUT2D eigenvalue weighted by Crippen LogP contribution is -2.55. The highest BCUT2D eigenvalue weighted by atomic mass is 32.2. The molecule has 0 radical (unpaired) electrons. The Morgan fingerprint density at radius 1 is 1.41 bits per heavy atom. The third-order valence-corrected chi connectivity index (χ3v) is 5.39. The summed E-state index contributed by atoms with van der Waals surface area (Å²) < 4.78 is 27.9. The summed E-state index contributed by atoms with van der Waals surface area (Å²) in [6, 6.07) is -0.344. The molecule has 0 amide bonds. The number of rotatable bonds is 3. The molecule has 98 valence electrons. The van der Waals surface area contributed by atoms with E-state index in [1.807, 2.05) is 11.8 Å². The molecule has 2 aliphatic rings. The van der Waals surface area contributed by atoms with Crippen molar-refractivity contribution in [1.82, 2.24) is 4.90 Å². The van der Waals surface area contributed by atoms with E-state index in [1.165, 1.54) is 7.11 Å². The van der Waals surface area contributed by atoms with Crippen LogP contribution in [0.2, 0.25) is 0 Å². The summed E-state index contributed by atoms with van der Waals surface area (Å²) in [6.45, 7) is 2.31. The molecule has 1 aliphatic carbocycles. The highest BCUT2D eigenvalue weighted by molar-refractivity contribution is 7.91. The van der Waals surface area contributed by atoms with E-state index in [0.717, 1.165) is 12.8 Å². The lowest BCUT2D eigenvalue weighted by molar-refractivity contribution is -0.148. The summed E-state index contributed by atoms with van der Waals surface area (Å²) in [5.41, 5.74) is 0. The molecule has 1 aliphatic heterocycles. The smallest absolute Gasteiger partial charge is 0.323 e. The Balaban J connectivity index is 2.12. The molecule has 1 heterocycles. The van der Waals surface area contributed by atoms with Crippen LogP contribution in [0.3, 0.4) is 0 Å². The minimum absolute atomic E-state index is 0.0987. The van der Waals surface area contributed by atoms with Gasteiger partial charge in [-0.25, -0.2) is 8.42 Å². The summed E-state index contributed by atoms with van der Waals surface area (Å²) in [5, 5.41) is 0. The molecule has 2 rings (SSSR count). The molecular formula is C11H19NO4S. The second-order valence-electron chi connectivity index (χ2n) is 5.01. The number of carbonyl (C=O) groups excluding carboxylic acids is 1. The fourth-order valence-corrected chi connectivity index (χ4v) is 4.14. The first-order valence-electron chi connectivity index (χ1n) is 5.98. The molecule has 1 saturated heterocycles. The van der Waals surface area contributed by atoms with Gasteiger partial charge in [-0.15, -0.1) is 0 Å². The zero-order valence-corrected chi connectivity index (χ0v) is 11.1. The van der Waals surface area contributed by atoms with Gasteiger partial charge in [-0.3, -0.25) is 9.69 Å². The standard InChI is InChI=1S/C11H19NO4S/c1-8-7-17(14,15)6-5-12(8)10(9-3-4-9)11(13)16-2/h8-10H,3-7H2,1-2H3. The second-order valence-corrected chi connectivity index (χ2v) is 7.24. The fraction of sp³-hybridized carbons (Fsp3) is 0.909. The summed E-state index contributed by atoms with van der Waals surface area (Å²) >= 11 is 0. The molecule has 6 heteroatoms. The zero-order chi connectivity index (χ0) is 12.6. The first-order valence-corrected chi connectivity index (χ1v) is 7.81. The lowest BCUT2D eigenvalue weighted by Gasteiger charge is -2.37. The molecule has 0 N–H and O–H groups in total. The second kappa shape index (κ2) is 4.57. The first kappa shape index (κ1) is 12.8. The van der Waals surface area contributed by atoms with E-state index in [9.17, 15) is 13.2 Å². The number of carbonyl (C=O) groups is 1. The fourth-order valence-electron chi connectivity index (χ4n) is 2.56. The Morgan fingerprint density at radius 3 is 2.53 bits per heavy atom. The molecular weight excluding hydrogens is 242 g/mol. The minimum Gasteiger partial charge on any atom is -0.468 e. The average Bonchev–Trinajstić information content (AvgIpc) is 3.04. The summed E-state index contributed by atoms with van der Waals surface area (Å²) in [7, 11) is -1.54. The van der Waals surface area contributed by atoms with Gasteiger partial charge in [0.25, 0.3) is 0 Å². The Morgan fingerprint density at radius 2 is 2.06 bits per heavy atom. The van der Waals surface area contributed by atoms with Crippen molar-refractivity contribution in [3.63, 3.8) is 0 Å². The Kier molecular flexibility index (Phi) is 3.45. The van der Waals surface area contributed by atoms with E-state index in [2.05, 4.69) is 0 Å². The van der Waals surface area contributed by atoms with Crippen LogP contribution in [0.4, 0.5) is 0 Å². The van der Waals surface area contributed by atoms with Crippen molar-refractivity contribution in [1.29, 1.82) is 0 Å². The van der Waals surface area contributed by atoms with Gasteiger partial charge < -0.3 is 4.74 Å². The predicted octanol–water partition coefficient (Wildman–Crippen LogP) is 0.0569. The number of hydrogen-bond donors (Lipinski definition) is 0. The molecule has 0 aromatic heterocycles. The van der Waals surface area contributed by atoms with Gasteiger partial charge in [-0.1, -0.05) is 0 Å². The van der Waals surface area contributed by atoms with E-state index >= 15 is 0 Å². The van der Waals surface area contributed by atoms with Crippen molar-refractivity contribution >= 4 is 15.8 Å². The molecule has 0 aromatic carbocycles. The summed E-state index contributed by atoms with van der Waals surface area (Å²) in [6.07, 6.45) is 2.07. The highest BCUT2D eigenvalue weighted by Gasteiger charge is 2.44. The largest absolute Gasteiger partial charge is 0.468 e. The maximum atomic E-state index is 11.8. The van der Waals surface area contributed by atoms with Crippen LogP contribution in [-0.2, 0) is 19.4 Å². The molecule has 5 nitrogen and oxygen atoms in total. The van der Waals surface area contributed by atoms with Crippen LogP contribution < -0.4 is 0 Å². The maximum absolute atomic E-state index is 11.8. The van der Waals surface area contributed by atoms with Gasteiger partial charge in [0.2, 0.25) is 0 Å². The number of hydrogen-bond acceptors (Lipinski definition) is 5. The van der Waals surface area contributed by atoms with Crippen molar-refractivity contribution in [3.05, 3.63) is 0 Å². The van der Waals surface area contributed by atoms with Gasteiger partial charge in [0, 0.05) is 12.6 Å². The van der Waals surface area contributed by atoms with Crippen LogP contribution in [0.25, 0.3) is 0 Å². The molecule has 2 atom stereocenters. The number of sulfone groups is 1. The molecule has 0 spiro atoms. The third-order valence-electron chi connectivity index (χ3n) is 3.59. The number of esters is 1. The van der Waals surface area contributed by atoms with E-state index in [1.54, 1.807) is 0 Å². The van der Waals surface area contributed by atoms with Crippen LogP contribution in [0, 0.1) is 5.92 Å². The Hall–Kier alpha value is -0.620. The number of ether oxygens (including phenoxy) is 1. The van der Waals surface area contributed by atoms with Crippen molar-refractivity contribution in [3.8, 4) is 0 Å². The zero-order valence-electron chi connectivity index (χ0n) is 10.3. The molecule has 2 fully saturated rings. The first-order chi connectivity index (χ1) is 7.94. The van der Waals surface area contributed by atoms with Gasteiger partial charge in [0.1, 0.15) is 6.04 Å². The van der Waals surface area contributed by atoms with Crippen LogP contribution >= 0.6 is 0 Å². The molecule has 0 aromatic rings. The van der Waals surface area contributed by atoms with Crippen LogP contribution in [0.15, 0.2) is 0 Å². The molecule has 0 bridgehead atoms. The van der Waals surface area contributed by atoms with Gasteiger partial charge in [-0.05, 0) is 25.7 Å². The molecule has 1 saturated carbocycles. The van der Waals surface area contributed by atoms with Gasteiger partial charge in [0.15, 0.2) is 9.84 Å². The average molecular weight is 261 g/mol. The van der Waals surface area contributed by atoms with Crippen molar-refractivity contribution < 1.29 is 17.9 Å². The van der Waals surface area contributed by atoms with Crippen molar-refractivity contribution in [2.45, 2.75) is 31.8 Å². The Labute approximate surface area is 102 Å². The van der Waals surface area contributed by atoms with Gasteiger partial charge in [0.05, 0.1) is 18.6 Å². The molecule has 2 unspecified atom stereocenters. The van der Waals surface area contributed by atoms with E-state index in [0.29, 0.717) is 12.5 Å². The number of methoxy groups -OCH3 is 1. The normalized spacial score (nSPS) is 30.8. The SMILES string of the molecule is COC(=O)C(C1CC1)N1CCS(=O)(=O)CC1C. The highest BCUT2D eigenvalue weighted by Crippen LogP contribution is 2.37. The van der Waals surface area contributed by atoms with Crippen LogP contribution in [-0.4, -0.2) is 56.5 Å². The number of nitrogens with zero attached hydrogens (tertiary/aromatic N) is 1. The van der Waals surface area contributed by atoms with Crippen molar-refractivity contribution in [2.24, 2.45) is 5.92 Å². The summed E-state index contributed by atoms with van der Waals surface area (Å²) in [5.74, 6) is 0.425. The topological polar surface area (TPSA) is 63.7 Å². The van der Waals surface area contributed by atoms with Gasteiger partial charge in [-0.2, -0.15) is 0 Å². The van der Waals surface area contributed by atoms with Crippen LogP contribution in [0.5, 0.6) is 0 Å². The van der Waals surface area contributed by atoms with Crippen LogP contribution in [0.1, 0.15) is 19.8 Å². The quantitative estimate of drug-likeness (QED) is 0.672. The summed E-state index contributed by atoms with van der Waals surface area (Å²) in [4.78, 5) is 13.8. The van der Waals surface area contributed by atoms with E-state index < -0.39 is 9.84 Å². The maximum Gasteiger partial charge on any atom is 0.323 e. The van der Waals surface area contributed by atoms with Gasteiger partial charge >= 0.3 is 5.97 Å². The van der Waals surface area contributed by atoms with E-state index in [4.69, 9.17) is 4.74 Å². The third kappa shape index (κ3) is 2.80. The van der Waals surface area contributed by atoms with Crippen molar-refractivity contribution in [2.75, 3.05) is 25.2 Å². The minimum atomic E-state index is -2.93. The van der Waals surface area contributed by atoms with E-state index in [-0.39, 0.29) is 29.6 Å². The monoisotopic (exact) mass is 261 g/mol. The Bertz CT molecular complexity index is 402. The molecule has 17 heavy (non-hydrogen) atoms.